The van der Waals surface area contributed by atoms with Gasteiger partial charge in [-0.2, -0.15) is 0 Å². The summed E-state index contributed by atoms with van der Waals surface area (Å²) in [5, 5.41) is 7.01. The van der Waals surface area contributed by atoms with Crippen LogP contribution in [0.3, 0.4) is 0 Å². The lowest BCUT2D eigenvalue weighted by atomic mass is 9.97. The molecular formula is C29H29N5S. The predicted molar refractivity (Wildman–Crippen MR) is 144 cm³/mol. The van der Waals surface area contributed by atoms with E-state index >= 15 is 0 Å². The van der Waals surface area contributed by atoms with Gasteiger partial charge in [0.2, 0.25) is 0 Å². The molecule has 2 aliphatic rings. The standard InChI is InChI=1S/C29H29N5S/c1-2-5-20(4-1)28-31-17-26(34-28)23-12-11-21(22-13-15-35-27(22)23)18-7-9-19(10-8-18)25-16-32-29(33-25)24-6-3-14-30-24/h7-13,15-17,20,24,30H,1-6,14H2,(H,31,34)(H,32,33)/t24-/m0/s1. The van der Waals surface area contributed by atoms with Gasteiger partial charge in [0.1, 0.15) is 11.6 Å². The Kier molecular flexibility index (Phi) is 5.29. The summed E-state index contributed by atoms with van der Waals surface area (Å²) in [6, 6.07) is 16.0. The van der Waals surface area contributed by atoms with Gasteiger partial charge < -0.3 is 15.3 Å². The summed E-state index contributed by atoms with van der Waals surface area (Å²) in [6.07, 6.45) is 11.5. The average Bonchev–Trinajstić information content (AvgIpc) is 3.72. The molecule has 0 unspecified atom stereocenters. The number of aromatic amines is 2. The minimum Gasteiger partial charge on any atom is -0.342 e. The number of hydrogen-bond acceptors (Lipinski definition) is 4. The normalized spacial score (nSPS) is 18.7. The molecule has 0 spiro atoms. The lowest BCUT2D eigenvalue weighted by Gasteiger charge is -2.09. The molecule has 1 aliphatic carbocycles. The molecule has 2 aromatic carbocycles. The molecule has 0 amide bonds. The van der Waals surface area contributed by atoms with Crippen LogP contribution in [0.25, 0.3) is 43.7 Å². The van der Waals surface area contributed by atoms with Crippen molar-refractivity contribution in [3.05, 3.63) is 71.9 Å². The Labute approximate surface area is 209 Å². The molecule has 7 rings (SSSR count). The number of hydrogen-bond donors (Lipinski definition) is 3. The van der Waals surface area contributed by atoms with E-state index in [0.717, 1.165) is 36.0 Å². The lowest BCUT2D eigenvalue weighted by molar-refractivity contribution is 0.613. The zero-order chi connectivity index (χ0) is 23.2. The molecule has 3 N–H and O–H groups in total. The van der Waals surface area contributed by atoms with Crippen molar-refractivity contribution < 1.29 is 0 Å². The third-order valence-corrected chi connectivity index (χ3v) is 8.68. The molecule has 1 saturated carbocycles. The lowest BCUT2D eigenvalue weighted by Crippen LogP contribution is -2.14. The van der Waals surface area contributed by atoms with E-state index in [0.29, 0.717) is 12.0 Å². The van der Waals surface area contributed by atoms with Crippen molar-refractivity contribution in [1.82, 2.24) is 25.3 Å². The van der Waals surface area contributed by atoms with Gasteiger partial charge in [-0.05, 0) is 60.4 Å². The maximum Gasteiger partial charge on any atom is 0.123 e. The SMILES string of the molecule is c1cc2c(-c3ccc(-c4cnc([C@@H]5CCCN5)[nH]4)cc3)ccc(-c3cnc(C4CCCC4)[nH]3)c2s1. The van der Waals surface area contributed by atoms with Gasteiger partial charge in [0.25, 0.3) is 0 Å². The van der Waals surface area contributed by atoms with E-state index < -0.39 is 0 Å². The monoisotopic (exact) mass is 479 g/mol. The smallest absolute Gasteiger partial charge is 0.123 e. The average molecular weight is 480 g/mol. The number of nitrogens with one attached hydrogen (secondary N) is 3. The van der Waals surface area contributed by atoms with Crippen molar-refractivity contribution in [2.24, 2.45) is 0 Å². The second-order valence-electron chi connectivity index (χ2n) is 9.90. The Hall–Kier alpha value is -3.22. The molecule has 6 heteroatoms. The molecule has 1 aliphatic heterocycles. The Morgan fingerprint density at radius 3 is 2.29 bits per heavy atom. The fourth-order valence-corrected chi connectivity index (χ4v) is 6.76. The fourth-order valence-electron chi connectivity index (χ4n) is 5.81. The van der Waals surface area contributed by atoms with E-state index in [9.17, 15) is 0 Å². The Bertz CT molecular complexity index is 1460. The van der Waals surface area contributed by atoms with Gasteiger partial charge in [0.15, 0.2) is 0 Å². The summed E-state index contributed by atoms with van der Waals surface area (Å²) < 4.78 is 1.32. The zero-order valence-electron chi connectivity index (χ0n) is 19.7. The van der Waals surface area contributed by atoms with E-state index in [2.05, 4.69) is 68.1 Å². The van der Waals surface area contributed by atoms with Crippen LogP contribution in [0.1, 0.15) is 62.1 Å². The van der Waals surface area contributed by atoms with Crippen LogP contribution in [0, 0.1) is 0 Å². The van der Waals surface area contributed by atoms with Gasteiger partial charge in [0, 0.05) is 21.6 Å². The highest BCUT2D eigenvalue weighted by molar-refractivity contribution is 7.17. The van der Waals surface area contributed by atoms with Crippen LogP contribution in [0.15, 0.2) is 60.2 Å². The molecule has 5 aromatic rings. The fraction of sp³-hybridized carbons (Fsp3) is 0.310. The number of benzene rings is 2. The Balaban J connectivity index is 1.18. The molecule has 1 atom stereocenters. The summed E-state index contributed by atoms with van der Waals surface area (Å²) in [5.41, 5.74) is 7.13. The number of thiophene rings is 1. The van der Waals surface area contributed by atoms with Crippen molar-refractivity contribution in [2.75, 3.05) is 6.54 Å². The third kappa shape index (κ3) is 3.81. The summed E-state index contributed by atoms with van der Waals surface area (Å²) in [5.74, 6) is 2.81. The highest BCUT2D eigenvalue weighted by atomic mass is 32.1. The predicted octanol–water partition coefficient (Wildman–Crippen LogP) is 7.43. The summed E-state index contributed by atoms with van der Waals surface area (Å²) in [6.45, 7) is 1.08. The van der Waals surface area contributed by atoms with Crippen molar-refractivity contribution in [3.63, 3.8) is 0 Å². The second kappa shape index (κ2) is 8.77. The number of rotatable bonds is 5. The summed E-state index contributed by atoms with van der Waals surface area (Å²) >= 11 is 1.81. The number of imidazole rings is 2. The Morgan fingerprint density at radius 1 is 0.714 bits per heavy atom. The molecule has 0 radical (unpaired) electrons. The van der Waals surface area contributed by atoms with E-state index in [1.165, 1.54) is 64.4 Å². The van der Waals surface area contributed by atoms with Crippen LogP contribution in [0.2, 0.25) is 0 Å². The molecule has 35 heavy (non-hydrogen) atoms. The van der Waals surface area contributed by atoms with Crippen LogP contribution in [-0.2, 0) is 0 Å². The molecule has 2 fully saturated rings. The topological polar surface area (TPSA) is 69.4 Å². The van der Waals surface area contributed by atoms with Gasteiger partial charge in [-0.15, -0.1) is 11.3 Å². The molecule has 176 valence electrons. The number of fused-ring (bicyclic) bond motifs is 1. The van der Waals surface area contributed by atoms with E-state index in [1.807, 2.05) is 12.4 Å². The van der Waals surface area contributed by atoms with E-state index in [-0.39, 0.29) is 0 Å². The van der Waals surface area contributed by atoms with Crippen molar-refractivity contribution in [3.8, 4) is 33.6 Å². The minimum atomic E-state index is 0.359. The van der Waals surface area contributed by atoms with Gasteiger partial charge in [-0.3, -0.25) is 0 Å². The highest BCUT2D eigenvalue weighted by Crippen LogP contribution is 2.40. The van der Waals surface area contributed by atoms with E-state index in [1.54, 1.807) is 11.3 Å². The number of aromatic nitrogens is 4. The number of H-pyrrole nitrogens is 2. The maximum atomic E-state index is 4.75. The first-order valence-electron chi connectivity index (χ1n) is 12.8. The van der Waals surface area contributed by atoms with Crippen LogP contribution in [0.4, 0.5) is 0 Å². The van der Waals surface area contributed by atoms with Crippen molar-refractivity contribution >= 4 is 21.4 Å². The minimum absolute atomic E-state index is 0.359. The molecule has 3 aromatic heterocycles. The summed E-state index contributed by atoms with van der Waals surface area (Å²) in [7, 11) is 0. The van der Waals surface area contributed by atoms with Crippen molar-refractivity contribution in [1.29, 1.82) is 0 Å². The van der Waals surface area contributed by atoms with Crippen LogP contribution in [0.5, 0.6) is 0 Å². The number of nitrogens with zero attached hydrogens (tertiary/aromatic N) is 2. The van der Waals surface area contributed by atoms with Gasteiger partial charge in [-0.1, -0.05) is 49.2 Å². The molecular weight excluding hydrogens is 450 g/mol. The second-order valence-corrected chi connectivity index (χ2v) is 10.8. The van der Waals surface area contributed by atoms with Gasteiger partial charge in [0.05, 0.1) is 29.8 Å². The van der Waals surface area contributed by atoms with Crippen LogP contribution < -0.4 is 5.32 Å². The molecule has 4 heterocycles. The molecule has 0 bridgehead atoms. The Morgan fingerprint density at radius 2 is 1.46 bits per heavy atom. The van der Waals surface area contributed by atoms with Crippen molar-refractivity contribution in [2.45, 2.75) is 50.5 Å². The maximum absolute atomic E-state index is 4.75. The molecule has 5 nitrogen and oxygen atoms in total. The zero-order valence-corrected chi connectivity index (χ0v) is 20.5. The van der Waals surface area contributed by atoms with Crippen LogP contribution in [-0.4, -0.2) is 26.5 Å². The first kappa shape index (κ1) is 21.1. The third-order valence-electron chi connectivity index (χ3n) is 7.74. The van der Waals surface area contributed by atoms with Gasteiger partial charge in [-0.25, -0.2) is 9.97 Å². The first-order chi connectivity index (χ1) is 17.3. The molecule has 1 saturated heterocycles. The largest absolute Gasteiger partial charge is 0.342 e. The van der Waals surface area contributed by atoms with Gasteiger partial charge >= 0.3 is 0 Å². The highest BCUT2D eigenvalue weighted by Gasteiger charge is 2.21. The van der Waals surface area contributed by atoms with Crippen LogP contribution >= 0.6 is 11.3 Å². The van der Waals surface area contributed by atoms with E-state index in [4.69, 9.17) is 4.98 Å². The summed E-state index contributed by atoms with van der Waals surface area (Å²) in [4.78, 5) is 16.5. The first-order valence-corrected chi connectivity index (χ1v) is 13.7. The quantitative estimate of drug-likeness (QED) is 0.245.